The summed E-state index contributed by atoms with van der Waals surface area (Å²) in [4.78, 5) is 43.3. The van der Waals surface area contributed by atoms with Crippen LogP contribution in [0.4, 0.5) is 69.0 Å². The zero-order valence-electron chi connectivity index (χ0n) is 62.6. The van der Waals surface area contributed by atoms with E-state index in [0.29, 0.717) is 82.4 Å². The van der Waals surface area contributed by atoms with Crippen LogP contribution in [0.5, 0.6) is 5.75 Å². The fourth-order valence-electron chi connectivity index (χ4n) is 15.0. The second kappa shape index (κ2) is 36.3. The van der Waals surface area contributed by atoms with Gasteiger partial charge in [0.2, 0.25) is 0 Å². The van der Waals surface area contributed by atoms with Crippen molar-refractivity contribution in [1.29, 1.82) is 0 Å². The normalized spacial score (nSPS) is 16.4. The highest BCUT2D eigenvalue weighted by Gasteiger charge is 2.37. The first kappa shape index (κ1) is 80.2. The van der Waals surface area contributed by atoms with Crippen LogP contribution in [-0.4, -0.2) is 176 Å². The van der Waals surface area contributed by atoms with Crippen LogP contribution >= 0.6 is 58.0 Å². The van der Waals surface area contributed by atoms with Gasteiger partial charge in [0.05, 0.1) is 76.8 Å². The summed E-state index contributed by atoms with van der Waals surface area (Å²) in [5.41, 5.74) is 11.9. The molecule has 20 nitrogen and oxygen atoms in total. The summed E-state index contributed by atoms with van der Waals surface area (Å²) in [6.07, 6.45) is 3.02. The quantitative estimate of drug-likeness (QED) is 0.0470. The van der Waals surface area contributed by atoms with Crippen LogP contribution in [0.25, 0.3) is 0 Å². The molecule has 2 N–H and O–H groups in total. The zero-order valence-corrected chi connectivity index (χ0v) is 66.4. The number of aryl methyl sites for hydroxylation is 3. The number of rotatable bonds is 18. The Kier molecular flexibility index (Phi) is 26.2. The topological polar surface area (TPSA) is 180 Å². The third kappa shape index (κ3) is 19.8. The number of ether oxygens (including phenoxy) is 2. The van der Waals surface area contributed by atoms with Crippen molar-refractivity contribution in [3.8, 4) is 5.75 Å². The molecule has 0 radical (unpaired) electrons. The number of morpholine rings is 1. The molecule has 9 heterocycles. The fraction of sp³-hybridized carbons (Fsp3) is 0.390. The largest absolute Gasteiger partial charge is 0.494 e. The summed E-state index contributed by atoms with van der Waals surface area (Å²) in [7, 11) is 8.04. The lowest BCUT2D eigenvalue weighted by molar-refractivity contribution is -0.138. The van der Waals surface area contributed by atoms with E-state index >= 15 is 0 Å². The Labute approximate surface area is 669 Å². The van der Waals surface area contributed by atoms with Crippen molar-refractivity contribution in [2.45, 2.75) is 96.1 Å². The Morgan fingerprint density at radius 3 is 1.93 bits per heavy atom. The van der Waals surface area contributed by atoms with Gasteiger partial charge < -0.3 is 59.3 Å². The molecule has 15 rings (SSSR count). The van der Waals surface area contributed by atoms with Crippen LogP contribution in [0.15, 0.2) is 133 Å². The lowest BCUT2D eigenvalue weighted by Gasteiger charge is -2.36. The molecule has 9 aromatic rings. The highest BCUT2D eigenvalue weighted by molar-refractivity contribution is 6.36. The highest BCUT2D eigenvalue weighted by atomic mass is 35.5. The summed E-state index contributed by atoms with van der Waals surface area (Å²) in [5.74, 6) is 1.33. The molecule has 0 unspecified atom stereocenters. The minimum Gasteiger partial charge on any atom is -0.494 e. The Hall–Kier alpha value is -8.85. The molecule has 29 heteroatoms. The van der Waals surface area contributed by atoms with Gasteiger partial charge in [0.1, 0.15) is 17.3 Å². The molecular weight excluding hydrogens is 1530 g/mol. The van der Waals surface area contributed by atoms with E-state index in [1.165, 1.54) is 18.2 Å². The summed E-state index contributed by atoms with van der Waals surface area (Å²) in [5, 5.41) is 35.1. The van der Waals surface area contributed by atoms with Gasteiger partial charge in [0.15, 0.2) is 17.4 Å². The van der Waals surface area contributed by atoms with Gasteiger partial charge in [-0.05, 0) is 193 Å². The molecule has 584 valence electrons. The van der Waals surface area contributed by atoms with E-state index in [9.17, 15) is 27.2 Å². The van der Waals surface area contributed by atoms with Gasteiger partial charge in [0, 0.05) is 164 Å². The number of methoxy groups -OCH3 is 1. The summed E-state index contributed by atoms with van der Waals surface area (Å²) < 4.78 is 66.6. The minimum atomic E-state index is -4.47. The first-order chi connectivity index (χ1) is 53.5. The molecule has 0 spiro atoms. The minimum absolute atomic E-state index is 0.0337. The second-order valence-corrected chi connectivity index (χ2v) is 30.9. The molecule has 6 aromatic carbocycles. The van der Waals surface area contributed by atoms with E-state index in [-0.39, 0.29) is 33.7 Å². The van der Waals surface area contributed by atoms with Crippen molar-refractivity contribution < 1.29 is 36.6 Å². The van der Waals surface area contributed by atoms with Crippen molar-refractivity contribution in [3.05, 3.63) is 221 Å². The number of aromatic nitrogens is 6. The number of ketones is 1. The van der Waals surface area contributed by atoms with E-state index in [2.05, 4.69) is 116 Å². The number of hydrogen-bond acceptors (Lipinski definition) is 19. The number of nitrogens with zero attached hydrogens (tertiary/aromatic N) is 14. The van der Waals surface area contributed by atoms with Crippen LogP contribution in [0.2, 0.25) is 25.1 Å². The molecule has 111 heavy (non-hydrogen) atoms. The number of piperidine rings is 1. The number of alkyl halides is 3. The molecule has 3 fully saturated rings. The fourth-order valence-corrected chi connectivity index (χ4v) is 16.1. The van der Waals surface area contributed by atoms with Gasteiger partial charge >= 0.3 is 6.18 Å². The third-order valence-corrected chi connectivity index (χ3v) is 22.9. The molecule has 6 aliphatic heterocycles. The maximum Gasteiger partial charge on any atom is 0.416 e. The molecular formula is C82H89Cl5F4N16O4. The number of hydrogen-bond donors (Lipinski definition) is 2. The van der Waals surface area contributed by atoms with Gasteiger partial charge in [-0.3, -0.25) is 9.59 Å². The standard InChI is InChI=1S/C28H33Cl2FN6O.C28H29Cl2N5O2.C26H27ClF3N5O/c1-35(2)18-10-13-36(14-11-18)19-6-9-24(26(15-19)38-3)32-27-16-25-23(33-34-27)5-4-12-37(25)17-20-21(29)7-8-22(31)28(20)30;1-33-11-13-34(14-12-33)28(37)20-6-4-19(5-7-20)15-27(36)25-17-26-24(31-32-25)3-2-10-35(26)18-21-16-22(29)8-9-23(21)30;1-17(21-14-18(27)7-8-22(21)26(28,29)30)35-9-3-6-23-24(35)16-25(33-32-23)31-19-4-2-5-20(15-19)34-10-12-36-13-11-34/h6-9,15-16,18H,4-5,10-14,17H2,1-3H3,(H,32,34);4-9,16-17H,2-3,10-15,18H2,1H3;2,4-5,7-8,14-17H,3,6,9-13H2,1H3,(H,31,33)/t;;17-/m..1/s1. The van der Waals surface area contributed by atoms with E-state index in [0.717, 1.165) is 197 Å². The SMILES string of the molecule is CN1CCN(C(=O)c2ccc(CC(=O)c3cc4c(nn3)CCCN4Cc3cc(Cl)ccc3Cl)cc2)CC1.COc1cc(N2CCC(N(C)C)CC2)ccc1Nc1cc2c(nn1)CCCN2Cc1c(Cl)ccc(F)c1Cl.C[C@H](c1cc(Cl)ccc1C(F)(F)F)N1CCCc2nnc(Nc3cccc(N4CCOCC4)c3)cc21. The van der Waals surface area contributed by atoms with Gasteiger partial charge in [-0.25, -0.2) is 4.39 Å². The Morgan fingerprint density at radius 1 is 0.622 bits per heavy atom. The second-order valence-electron chi connectivity index (χ2n) is 28.9. The number of nitrogens with one attached hydrogen (secondary N) is 2. The molecule has 6 aliphatic rings. The van der Waals surface area contributed by atoms with Crippen LogP contribution in [0, 0.1) is 5.82 Å². The highest BCUT2D eigenvalue weighted by Crippen LogP contribution is 2.43. The predicted octanol–water partition coefficient (Wildman–Crippen LogP) is 16.9. The number of halogens is 9. The van der Waals surface area contributed by atoms with Crippen LogP contribution in [0.3, 0.4) is 0 Å². The zero-order chi connectivity index (χ0) is 78.0. The van der Waals surface area contributed by atoms with E-state index in [1.54, 1.807) is 44.4 Å². The smallest absolute Gasteiger partial charge is 0.416 e. The number of carbonyl (C=O) groups is 2. The van der Waals surface area contributed by atoms with E-state index in [4.69, 9.17) is 67.5 Å². The lowest BCUT2D eigenvalue weighted by Crippen LogP contribution is -2.47. The maximum atomic E-state index is 14.1. The van der Waals surface area contributed by atoms with E-state index < -0.39 is 23.6 Å². The van der Waals surface area contributed by atoms with Crippen molar-refractivity contribution in [1.82, 2.24) is 45.3 Å². The monoisotopic (exact) mass is 1610 g/mol. The molecule has 1 atom stereocenters. The molecule has 3 saturated heterocycles. The van der Waals surface area contributed by atoms with Crippen molar-refractivity contribution in [2.75, 3.05) is 149 Å². The number of piperazine rings is 1. The van der Waals surface area contributed by atoms with Crippen LogP contribution in [0.1, 0.15) is 111 Å². The Balaban J connectivity index is 0.000000146. The number of amides is 1. The van der Waals surface area contributed by atoms with Crippen LogP contribution in [-0.2, 0) is 49.7 Å². The average molecular weight is 1620 g/mol. The van der Waals surface area contributed by atoms with Gasteiger partial charge in [-0.15, -0.1) is 15.3 Å². The predicted molar refractivity (Wildman–Crippen MR) is 434 cm³/mol. The number of fused-ring (bicyclic) bond motifs is 3. The Bertz CT molecular complexity index is 4780. The average Bonchev–Trinajstić information content (AvgIpc) is 0.790. The lowest BCUT2D eigenvalue weighted by atomic mass is 9.97. The molecule has 0 saturated carbocycles. The number of anilines is 9. The number of likely N-dealkylation sites (N-methyl/N-ethyl adjacent to an activating group) is 1. The Morgan fingerprint density at radius 2 is 1.23 bits per heavy atom. The van der Waals surface area contributed by atoms with Gasteiger partial charge in [0.25, 0.3) is 5.91 Å². The maximum absolute atomic E-state index is 14.1. The molecule has 0 bridgehead atoms. The first-order valence-corrected chi connectivity index (χ1v) is 39.3. The van der Waals surface area contributed by atoms with Gasteiger partial charge in [-0.2, -0.15) is 28.5 Å². The summed E-state index contributed by atoms with van der Waals surface area (Å²) in [6.45, 7) is 13.3. The van der Waals surface area contributed by atoms with Crippen molar-refractivity contribution in [2.24, 2.45) is 0 Å². The number of carbonyl (C=O) groups excluding carboxylic acids is 2. The summed E-state index contributed by atoms with van der Waals surface area (Å²) in [6, 6.07) is 39.3. The summed E-state index contributed by atoms with van der Waals surface area (Å²) >= 11 is 31.3. The van der Waals surface area contributed by atoms with Crippen molar-refractivity contribution in [3.63, 3.8) is 0 Å². The third-order valence-electron chi connectivity index (χ3n) is 21.3. The van der Waals surface area contributed by atoms with Gasteiger partial charge in [-0.1, -0.05) is 76.2 Å². The first-order valence-electron chi connectivity index (χ1n) is 37.5. The van der Waals surface area contributed by atoms with Crippen molar-refractivity contribution >= 4 is 121 Å². The number of benzene rings is 6. The number of Topliss-reactive ketones (excluding diaryl/α,β-unsaturated/α-hetero) is 1. The van der Waals surface area contributed by atoms with E-state index in [1.807, 2.05) is 64.4 Å². The van der Waals surface area contributed by atoms with Crippen LogP contribution < -0.4 is 39.9 Å². The molecule has 1 amide bonds. The molecule has 0 aliphatic carbocycles. The molecule has 3 aromatic heterocycles.